The van der Waals surface area contributed by atoms with E-state index in [1.54, 1.807) is 0 Å². The number of rotatable bonds is 4. The average Bonchev–Trinajstić information content (AvgIpc) is 2.36. The molecule has 118 valence electrons. The van der Waals surface area contributed by atoms with Crippen molar-refractivity contribution in [3.63, 3.8) is 0 Å². The fourth-order valence-electron chi connectivity index (χ4n) is 3.36. The molecule has 3 nitrogen and oxygen atoms in total. The third-order valence-corrected chi connectivity index (χ3v) is 4.55. The predicted octanol–water partition coefficient (Wildman–Crippen LogP) is 3.73. The molecule has 1 aromatic rings. The molecule has 0 aromatic heterocycles. The van der Waals surface area contributed by atoms with E-state index in [-0.39, 0.29) is 23.8 Å². The third-order valence-electron chi connectivity index (χ3n) is 4.06. The first-order valence-corrected chi connectivity index (χ1v) is 8.54. The van der Waals surface area contributed by atoms with Gasteiger partial charge in [0, 0.05) is 23.6 Å². The van der Waals surface area contributed by atoms with Crippen molar-refractivity contribution in [2.24, 2.45) is 5.73 Å². The average molecular weight is 355 g/mol. The summed E-state index contributed by atoms with van der Waals surface area (Å²) in [4.78, 5) is 2.49. The first kappa shape index (κ1) is 16.9. The van der Waals surface area contributed by atoms with Crippen LogP contribution in [0, 0.1) is 0 Å². The van der Waals surface area contributed by atoms with E-state index in [2.05, 4.69) is 72.8 Å². The monoisotopic (exact) mass is 354 g/mol. The second-order valence-electron chi connectivity index (χ2n) is 6.69. The van der Waals surface area contributed by atoms with Gasteiger partial charge in [-0.2, -0.15) is 0 Å². The van der Waals surface area contributed by atoms with Crippen molar-refractivity contribution in [2.45, 2.75) is 57.9 Å². The van der Waals surface area contributed by atoms with Gasteiger partial charge in [0.15, 0.2) is 0 Å². The molecule has 1 aliphatic heterocycles. The molecular formula is C17H27BrN2O. The van der Waals surface area contributed by atoms with Crippen molar-refractivity contribution in [3.8, 4) is 0 Å². The minimum Gasteiger partial charge on any atom is -0.370 e. The Kier molecular flexibility index (Phi) is 5.47. The van der Waals surface area contributed by atoms with Crippen LogP contribution in [0.2, 0.25) is 0 Å². The second kappa shape index (κ2) is 6.78. The van der Waals surface area contributed by atoms with Crippen molar-refractivity contribution < 1.29 is 4.74 Å². The summed E-state index contributed by atoms with van der Waals surface area (Å²) in [6, 6.07) is 8.87. The maximum atomic E-state index is 6.47. The summed E-state index contributed by atoms with van der Waals surface area (Å²) in [5.74, 6) is 0. The summed E-state index contributed by atoms with van der Waals surface area (Å²) < 4.78 is 7.14. The maximum Gasteiger partial charge on any atom is 0.0757 e. The maximum absolute atomic E-state index is 6.47. The van der Waals surface area contributed by atoms with E-state index in [1.165, 1.54) is 5.56 Å². The molecule has 2 N–H and O–H groups in total. The highest BCUT2D eigenvalue weighted by Crippen LogP contribution is 2.32. The van der Waals surface area contributed by atoms with Crippen LogP contribution in [-0.4, -0.2) is 35.7 Å². The van der Waals surface area contributed by atoms with E-state index in [9.17, 15) is 0 Å². The Morgan fingerprint density at radius 2 is 2.19 bits per heavy atom. The van der Waals surface area contributed by atoms with E-state index in [4.69, 9.17) is 10.5 Å². The number of nitrogens with zero attached hydrogens (tertiary/aromatic N) is 1. The van der Waals surface area contributed by atoms with Crippen LogP contribution in [0.3, 0.4) is 0 Å². The number of halogens is 1. The molecular weight excluding hydrogens is 328 g/mol. The highest BCUT2D eigenvalue weighted by Gasteiger charge is 2.37. The molecule has 1 aliphatic rings. The van der Waals surface area contributed by atoms with Crippen LogP contribution >= 0.6 is 15.9 Å². The molecule has 0 spiro atoms. The molecule has 1 aromatic carbocycles. The quantitative estimate of drug-likeness (QED) is 0.895. The van der Waals surface area contributed by atoms with Gasteiger partial charge in [0.2, 0.25) is 0 Å². The second-order valence-corrected chi connectivity index (χ2v) is 7.61. The lowest BCUT2D eigenvalue weighted by Crippen LogP contribution is -2.55. The third kappa shape index (κ3) is 4.28. The molecule has 21 heavy (non-hydrogen) atoms. The van der Waals surface area contributed by atoms with Gasteiger partial charge in [-0.3, -0.25) is 4.90 Å². The Balaban J connectivity index is 2.32. The first-order valence-electron chi connectivity index (χ1n) is 7.75. The van der Waals surface area contributed by atoms with Crippen LogP contribution in [0.1, 0.15) is 45.7 Å². The van der Waals surface area contributed by atoms with Crippen LogP contribution in [0.25, 0.3) is 0 Å². The number of morpholine rings is 1. The van der Waals surface area contributed by atoms with E-state index in [0.29, 0.717) is 0 Å². The Morgan fingerprint density at radius 1 is 1.48 bits per heavy atom. The molecule has 0 bridgehead atoms. The van der Waals surface area contributed by atoms with Gasteiger partial charge in [0.1, 0.15) is 0 Å². The minimum absolute atomic E-state index is 0.125. The van der Waals surface area contributed by atoms with Crippen LogP contribution in [-0.2, 0) is 4.74 Å². The number of hydrogen-bond donors (Lipinski definition) is 1. The fourth-order valence-corrected chi connectivity index (χ4v) is 3.77. The van der Waals surface area contributed by atoms with Crippen LogP contribution in [0.5, 0.6) is 0 Å². The lowest BCUT2D eigenvalue weighted by atomic mass is 9.93. The molecule has 2 rings (SSSR count). The van der Waals surface area contributed by atoms with Gasteiger partial charge in [-0.25, -0.2) is 0 Å². The normalized spacial score (nSPS) is 25.5. The molecule has 0 saturated carbocycles. The van der Waals surface area contributed by atoms with Gasteiger partial charge in [-0.1, -0.05) is 35.0 Å². The van der Waals surface area contributed by atoms with Crippen molar-refractivity contribution in [1.82, 2.24) is 4.90 Å². The first-order chi connectivity index (χ1) is 9.82. The Hall–Kier alpha value is -0.420. The van der Waals surface area contributed by atoms with E-state index >= 15 is 0 Å². The summed E-state index contributed by atoms with van der Waals surface area (Å²) in [6.45, 7) is 10.4. The standard InChI is InChI=1S/C17H27BrN2O/c1-5-15(19)16(13-7-6-8-14(18)9-13)20-10-12(2)21-17(3,4)11-20/h6-9,12,15-16H,5,10-11,19H2,1-4H3. The van der Waals surface area contributed by atoms with Crippen molar-refractivity contribution in [3.05, 3.63) is 34.3 Å². The highest BCUT2D eigenvalue weighted by atomic mass is 79.9. The topological polar surface area (TPSA) is 38.5 Å². The van der Waals surface area contributed by atoms with Crippen molar-refractivity contribution >= 4 is 15.9 Å². The molecule has 3 unspecified atom stereocenters. The van der Waals surface area contributed by atoms with Gasteiger partial charge >= 0.3 is 0 Å². The van der Waals surface area contributed by atoms with Gasteiger partial charge in [0.25, 0.3) is 0 Å². The van der Waals surface area contributed by atoms with E-state index < -0.39 is 0 Å². The number of benzene rings is 1. The lowest BCUT2D eigenvalue weighted by Gasteiger charge is -2.46. The molecule has 1 saturated heterocycles. The molecule has 1 heterocycles. The molecule has 1 fully saturated rings. The minimum atomic E-state index is -0.130. The zero-order chi connectivity index (χ0) is 15.6. The van der Waals surface area contributed by atoms with Crippen LogP contribution in [0.15, 0.2) is 28.7 Å². The number of hydrogen-bond acceptors (Lipinski definition) is 3. The Morgan fingerprint density at radius 3 is 2.76 bits per heavy atom. The summed E-state index contributed by atoms with van der Waals surface area (Å²) >= 11 is 3.58. The summed E-state index contributed by atoms with van der Waals surface area (Å²) in [5.41, 5.74) is 7.62. The molecule has 4 heteroatoms. The Labute approximate surface area is 137 Å². The van der Waals surface area contributed by atoms with Crippen molar-refractivity contribution in [2.75, 3.05) is 13.1 Å². The Bertz CT molecular complexity index is 478. The molecule has 0 radical (unpaired) electrons. The number of ether oxygens (including phenoxy) is 1. The summed E-state index contributed by atoms with van der Waals surface area (Å²) in [6.07, 6.45) is 1.19. The van der Waals surface area contributed by atoms with Crippen LogP contribution in [0.4, 0.5) is 0 Å². The summed E-state index contributed by atoms with van der Waals surface area (Å²) in [5, 5.41) is 0. The molecule has 0 amide bonds. The highest BCUT2D eigenvalue weighted by molar-refractivity contribution is 9.10. The zero-order valence-corrected chi connectivity index (χ0v) is 15.1. The lowest BCUT2D eigenvalue weighted by molar-refractivity contribution is -0.140. The SMILES string of the molecule is CCC(N)C(c1cccc(Br)c1)N1CC(C)OC(C)(C)C1. The predicted molar refractivity (Wildman–Crippen MR) is 91.3 cm³/mol. The van der Waals surface area contributed by atoms with E-state index in [0.717, 1.165) is 24.0 Å². The fraction of sp³-hybridized carbons (Fsp3) is 0.647. The molecule has 3 atom stereocenters. The molecule has 0 aliphatic carbocycles. The van der Waals surface area contributed by atoms with E-state index in [1.807, 2.05) is 0 Å². The number of nitrogens with two attached hydrogens (primary N) is 1. The van der Waals surface area contributed by atoms with Gasteiger partial charge in [0.05, 0.1) is 17.7 Å². The smallest absolute Gasteiger partial charge is 0.0757 e. The van der Waals surface area contributed by atoms with Gasteiger partial charge < -0.3 is 10.5 Å². The summed E-state index contributed by atoms with van der Waals surface area (Å²) in [7, 11) is 0. The van der Waals surface area contributed by atoms with Crippen LogP contribution < -0.4 is 5.73 Å². The largest absolute Gasteiger partial charge is 0.370 e. The van der Waals surface area contributed by atoms with Crippen molar-refractivity contribution in [1.29, 1.82) is 0 Å². The zero-order valence-electron chi connectivity index (χ0n) is 13.5. The van der Waals surface area contributed by atoms with Gasteiger partial charge in [-0.05, 0) is 44.9 Å². The van der Waals surface area contributed by atoms with Gasteiger partial charge in [-0.15, -0.1) is 0 Å².